The molecule has 14 heavy (non-hydrogen) atoms. The number of piperidine rings is 1. The van der Waals surface area contributed by atoms with Gasteiger partial charge in [-0.25, -0.2) is 0 Å². The molecule has 1 fully saturated rings. The maximum atomic E-state index is 2.49. The number of rotatable bonds is 1. The predicted molar refractivity (Wildman–Crippen MR) is 61.7 cm³/mol. The number of anilines is 1. The van der Waals surface area contributed by atoms with Crippen LogP contribution in [0.1, 0.15) is 26.7 Å². The molecule has 1 saturated heterocycles. The highest BCUT2D eigenvalue weighted by Gasteiger charge is 2.25. The Bertz CT molecular complexity index is 279. The normalized spacial score (nSPS) is 20.9. The van der Waals surface area contributed by atoms with Gasteiger partial charge in [0.2, 0.25) is 0 Å². The summed E-state index contributed by atoms with van der Waals surface area (Å²) in [6.45, 7) is 7.15. The maximum absolute atomic E-state index is 2.49. The van der Waals surface area contributed by atoms with E-state index in [0.717, 1.165) is 0 Å². The van der Waals surface area contributed by atoms with Gasteiger partial charge in [-0.3, -0.25) is 0 Å². The van der Waals surface area contributed by atoms with E-state index in [9.17, 15) is 0 Å². The molecule has 1 nitrogen and oxygen atoms in total. The van der Waals surface area contributed by atoms with Crippen molar-refractivity contribution in [1.29, 1.82) is 0 Å². The van der Waals surface area contributed by atoms with Gasteiger partial charge < -0.3 is 4.90 Å². The molecule has 1 aliphatic rings. The molecule has 2 rings (SSSR count). The Hall–Kier alpha value is -0.980. The van der Waals surface area contributed by atoms with E-state index in [4.69, 9.17) is 0 Å². The topological polar surface area (TPSA) is 3.24 Å². The molecule has 1 aliphatic heterocycles. The summed E-state index contributed by atoms with van der Waals surface area (Å²) in [7, 11) is 0. The summed E-state index contributed by atoms with van der Waals surface area (Å²) < 4.78 is 0. The molecule has 76 valence electrons. The highest BCUT2D eigenvalue weighted by molar-refractivity contribution is 5.46. The fourth-order valence-electron chi connectivity index (χ4n) is 2.01. The van der Waals surface area contributed by atoms with Gasteiger partial charge >= 0.3 is 0 Å². The summed E-state index contributed by atoms with van der Waals surface area (Å²) >= 11 is 0. The quantitative estimate of drug-likeness (QED) is 0.655. The third kappa shape index (κ3) is 2.09. The van der Waals surface area contributed by atoms with E-state index in [2.05, 4.69) is 49.1 Å². The van der Waals surface area contributed by atoms with Gasteiger partial charge in [0.25, 0.3) is 0 Å². The Morgan fingerprint density at radius 1 is 1.00 bits per heavy atom. The van der Waals surface area contributed by atoms with E-state index in [-0.39, 0.29) is 0 Å². The minimum Gasteiger partial charge on any atom is -0.371 e. The fourth-order valence-corrected chi connectivity index (χ4v) is 2.01. The Kier molecular flexibility index (Phi) is 2.49. The molecule has 1 aromatic carbocycles. The average molecular weight is 189 g/mol. The number of nitrogens with zero attached hydrogens (tertiary/aromatic N) is 1. The molecule has 0 aromatic heterocycles. The molecule has 0 N–H and O–H groups in total. The van der Waals surface area contributed by atoms with Crippen molar-refractivity contribution in [3.63, 3.8) is 0 Å². The molecule has 0 amide bonds. The zero-order valence-corrected chi connectivity index (χ0v) is 9.16. The van der Waals surface area contributed by atoms with E-state index in [1.54, 1.807) is 0 Å². The van der Waals surface area contributed by atoms with Crippen molar-refractivity contribution in [2.24, 2.45) is 5.41 Å². The monoisotopic (exact) mass is 189 g/mol. The minimum absolute atomic E-state index is 0.547. The zero-order valence-electron chi connectivity index (χ0n) is 9.16. The first-order valence-corrected chi connectivity index (χ1v) is 5.47. The van der Waals surface area contributed by atoms with Crippen molar-refractivity contribution in [3.05, 3.63) is 30.3 Å². The highest BCUT2D eigenvalue weighted by atomic mass is 15.1. The van der Waals surface area contributed by atoms with Crippen molar-refractivity contribution in [1.82, 2.24) is 0 Å². The van der Waals surface area contributed by atoms with Crippen molar-refractivity contribution in [3.8, 4) is 0 Å². The van der Waals surface area contributed by atoms with Crippen molar-refractivity contribution >= 4 is 5.69 Å². The molecule has 0 bridgehead atoms. The molecule has 0 aliphatic carbocycles. The molecule has 0 spiro atoms. The first-order valence-electron chi connectivity index (χ1n) is 5.47. The van der Waals surface area contributed by atoms with Gasteiger partial charge in [0.15, 0.2) is 0 Å². The van der Waals surface area contributed by atoms with E-state index >= 15 is 0 Å². The lowest BCUT2D eigenvalue weighted by atomic mass is 9.82. The van der Waals surface area contributed by atoms with Crippen LogP contribution >= 0.6 is 0 Å². The second kappa shape index (κ2) is 3.64. The summed E-state index contributed by atoms with van der Waals surface area (Å²) in [6, 6.07) is 10.7. The SMILES string of the molecule is CC1(C)CCN(c2ccccc2)CC1. The van der Waals surface area contributed by atoms with Crippen molar-refractivity contribution < 1.29 is 0 Å². The summed E-state index contributed by atoms with van der Waals surface area (Å²) in [5.74, 6) is 0. The molecule has 0 saturated carbocycles. The number of hydrogen-bond acceptors (Lipinski definition) is 1. The van der Waals surface area contributed by atoms with Gasteiger partial charge in [-0.1, -0.05) is 32.0 Å². The van der Waals surface area contributed by atoms with Crippen LogP contribution in [0.15, 0.2) is 30.3 Å². The molecular formula is C13H19N. The average Bonchev–Trinajstić information content (AvgIpc) is 2.19. The lowest BCUT2D eigenvalue weighted by Crippen LogP contribution is -2.37. The van der Waals surface area contributed by atoms with Crippen LogP contribution in [-0.4, -0.2) is 13.1 Å². The molecule has 1 aromatic rings. The summed E-state index contributed by atoms with van der Waals surface area (Å²) in [4.78, 5) is 2.49. The van der Waals surface area contributed by atoms with Gasteiger partial charge in [-0.15, -0.1) is 0 Å². The van der Waals surface area contributed by atoms with Crippen LogP contribution in [0.5, 0.6) is 0 Å². The number of hydrogen-bond donors (Lipinski definition) is 0. The molecule has 1 heteroatoms. The van der Waals surface area contributed by atoms with E-state index in [0.29, 0.717) is 5.41 Å². The summed E-state index contributed by atoms with van der Waals surface area (Å²) in [5.41, 5.74) is 1.92. The summed E-state index contributed by atoms with van der Waals surface area (Å²) in [5, 5.41) is 0. The van der Waals surface area contributed by atoms with Gasteiger partial charge in [0.1, 0.15) is 0 Å². The van der Waals surface area contributed by atoms with Gasteiger partial charge in [-0.2, -0.15) is 0 Å². The second-order valence-corrected chi connectivity index (χ2v) is 4.99. The van der Waals surface area contributed by atoms with E-state index < -0.39 is 0 Å². The first-order chi connectivity index (χ1) is 6.67. The van der Waals surface area contributed by atoms with Gasteiger partial charge in [0, 0.05) is 18.8 Å². The Morgan fingerprint density at radius 2 is 1.57 bits per heavy atom. The van der Waals surface area contributed by atoms with Crippen molar-refractivity contribution in [2.75, 3.05) is 18.0 Å². The molecule has 0 atom stereocenters. The molecular weight excluding hydrogens is 170 g/mol. The van der Waals surface area contributed by atoms with Gasteiger partial charge in [-0.05, 0) is 30.4 Å². The smallest absolute Gasteiger partial charge is 0.0366 e. The number of para-hydroxylation sites is 1. The van der Waals surface area contributed by atoms with Crippen LogP contribution in [0.3, 0.4) is 0 Å². The van der Waals surface area contributed by atoms with Crippen LogP contribution in [0.4, 0.5) is 5.69 Å². The minimum atomic E-state index is 0.547. The van der Waals surface area contributed by atoms with Crippen LogP contribution in [0.25, 0.3) is 0 Å². The van der Waals surface area contributed by atoms with E-state index in [1.807, 2.05) is 0 Å². The standard InChI is InChI=1S/C13H19N/c1-13(2)8-10-14(11-9-13)12-6-4-3-5-7-12/h3-7H,8-11H2,1-2H3. The maximum Gasteiger partial charge on any atom is 0.0366 e. The van der Waals surface area contributed by atoms with E-state index in [1.165, 1.54) is 31.6 Å². The lowest BCUT2D eigenvalue weighted by molar-refractivity contribution is 0.280. The largest absolute Gasteiger partial charge is 0.371 e. The van der Waals surface area contributed by atoms with Crippen LogP contribution in [0, 0.1) is 5.41 Å². The zero-order chi connectivity index (χ0) is 10.0. The highest BCUT2D eigenvalue weighted by Crippen LogP contribution is 2.31. The molecule has 0 radical (unpaired) electrons. The lowest BCUT2D eigenvalue weighted by Gasteiger charge is -2.38. The fraction of sp³-hybridized carbons (Fsp3) is 0.538. The Morgan fingerprint density at radius 3 is 2.14 bits per heavy atom. The summed E-state index contributed by atoms with van der Waals surface area (Å²) in [6.07, 6.45) is 2.61. The van der Waals surface area contributed by atoms with Gasteiger partial charge in [0.05, 0.1) is 0 Å². The van der Waals surface area contributed by atoms with Crippen LogP contribution in [-0.2, 0) is 0 Å². The second-order valence-electron chi connectivity index (χ2n) is 4.99. The Balaban J connectivity index is 2.03. The third-order valence-electron chi connectivity index (χ3n) is 3.24. The molecule has 0 unspecified atom stereocenters. The molecule has 1 heterocycles. The third-order valence-corrected chi connectivity index (χ3v) is 3.24. The van der Waals surface area contributed by atoms with Crippen LogP contribution in [0.2, 0.25) is 0 Å². The predicted octanol–water partition coefficient (Wildman–Crippen LogP) is 3.31. The first kappa shape index (κ1) is 9.57. The van der Waals surface area contributed by atoms with Crippen molar-refractivity contribution in [2.45, 2.75) is 26.7 Å². The Labute approximate surface area is 86.7 Å². The van der Waals surface area contributed by atoms with Crippen LogP contribution < -0.4 is 4.90 Å². The number of benzene rings is 1.